The standard InChI is InChI=1S/C5H12NO4P.C2H4O/c1-11(9,10)3-2-4(6)5(7)8;1-2-3/h4H,2-3,6H2,1H3,(H,7,8)(H,9,10);2H,1H3. The third-order valence-corrected chi connectivity index (χ3v) is 2.26. The SMILES string of the molecule is CC=O.CP(=O)(O)CCC(N)C(=O)O. The molecule has 2 atom stereocenters. The second-order valence-electron chi connectivity index (χ2n) is 2.74. The van der Waals surface area contributed by atoms with Gasteiger partial charge in [0.2, 0.25) is 0 Å². The third kappa shape index (κ3) is 13.9. The summed E-state index contributed by atoms with van der Waals surface area (Å²) >= 11 is 0. The molecule has 0 heterocycles. The maximum absolute atomic E-state index is 10.6. The monoisotopic (exact) mass is 225 g/mol. The fourth-order valence-electron chi connectivity index (χ4n) is 0.502. The minimum Gasteiger partial charge on any atom is -0.480 e. The molecule has 0 aliphatic heterocycles. The summed E-state index contributed by atoms with van der Waals surface area (Å²) in [5.74, 6) is -1.14. The number of hydrogen-bond donors (Lipinski definition) is 3. The predicted octanol–water partition coefficient (Wildman–Crippen LogP) is -0.106. The second-order valence-corrected chi connectivity index (χ2v) is 5.29. The Morgan fingerprint density at radius 1 is 1.64 bits per heavy atom. The molecular formula is C7H16NO5P. The molecule has 6 nitrogen and oxygen atoms in total. The van der Waals surface area contributed by atoms with Crippen LogP contribution >= 0.6 is 7.37 Å². The fourth-order valence-corrected chi connectivity index (χ4v) is 1.26. The summed E-state index contributed by atoms with van der Waals surface area (Å²) < 4.78 is 10.6. The Kier molecular flexibility index (Phi) is 8.63. The lowest BCUT2D eigenvalue weighted by atomic mass is 10.2. The summed E-state index contributed by atoms with van der Waals surface area (Å²) in [6.45, 7) is 2.63. The van der Waals surface area contributed by atoms with Crippen molar-refractivity contribution in [3.05, 3.63) is 0 Å². The van der Waals surface area contributed by atoms with E-state index in [2.05, 4.69) is 0 Å². The number of carboxylic acids is 1. The Morgan fingerprint density at radius 3 is 2.21 bits per heavy atom. The van der Waals surface area contributed by atoms with E-state index >= 15 is 0 Å². The molecule has 0 aromatic rings. The van der Waals surface area contributed by atoms with Crippen LogP contribution in [0.25, 0.3) is 0 Å². The quantitative estimate of drug-likeness (QED) is 0.454. The van der Waals surface area contributed by atoms with Crippen molar-refractivity contribution < 1.29 is 24.2 Å². The Hall–Kier alpha value is -0.710. The largest absolute Gasteiger partial charge is 0.480 e. The molecule has 0 aromatic heterocycles. The van der Waals surface area contributed by atoms with Crippen LogP contribution in [0.4, 0.5) is 0 Å². The number of aldehydes is 1. The number of carbonyl (C=O) groups is 2. The van der Waals surface area contributed by atoms with Gasteiger partial charge in [0.25, 0.3) is 0 Å². The van der Waals surface area contributed by atoms with Gasteiger partial charge in [0.05, 0.1) is 0 Å². The zero-order chi connectivity index (χ0) is 11.8. The average Bonchev–Trinajstić information content (AvgIpc) is 2.00. The maximum Gasteiger partial charge on any atom is 0.320 e. The average molecular weight is 225 g/mol. The first-order valence-electron chi connectivity index (χ1n) is 3.92. The van der Waals surface area contributed by atoms with Crippen LogP contribution in [-0.2, 0) is 14.2 Å². The first-order valence-corrected chi connectivity index (χ1v) is 6.21. The molecule has 0 spiro atoms. The molecule has 84 valence electrons. The van der Waals surface area contributed by atoms with Gasteiger partial charge in [-0.3, -0.25) is 9.36 Å². The minimum atomic E-state index is -3.10. The third-order valence-electron chi connectivity index (χ3n) is 1.17. The van der Waals surface area contributed by atoms with Crippen LogP contribution in [0.3, 0.4) is 0 Å². The molecule has 0 amide bonds. The van der Waals surface area contributed by atoms with Crippen molar-refractivity contribution in [3.63, 3.8) is 0 Å². The number of hydrogen-bond acceptors (Lipinski definition) is 4. The summed E-state index contributed by atoms with van der Waals surface area (Å²) in [6, 6.07) is -1.03. The topological polar surface area (TPSA) is 118 Å². The highest BCUT2D eigenvalue weighted by Crippen LogP contribution is 2.35. The maximum atomic E-state index is 10.6. The summed E-state index contributed by atoms with van der Waals surface area (Å²) in [4.78, 5) is 27.7. The van der Waals surface area contributed by atoms with Crippen molar-refractivity contribution >= 4 is 19.6 Å². The molecule has 0 rings (SSSR count). The van der Waals surface area contributed by atoms with E-state index in [0.717, 1.165) is 6.29 Å². The number of rotatable bonds is 4. The number of aliphatic carboxylic acids is 1. The fraction of sp³-hybridized carbons (Fsp3) is 0.714. The van der Waals surface area contributed by atoms with Gasteiger partial charge in [0.1, 0.15) is 12.3 Å². The van der Waals surface area contributed by atoms with Crippen molar-refractivity contribution in [2.45, 2.75) is 19.4 Å². The Bertz CT molecular complexity index is 224. The van der Waals surface area contributed by atoms with Crippen molar-refractivity contribution in [2.75, 3.05) is 12.8 Å². The van der Waals surface area contributed by atoms with Crippen molar-refractivity contribution in [1.29, 1.82) is 0 Å². The van der Waals surface area contributed by atoms with Crippen LogP contribution < -0.4 is 5.73 Å². The summed E-state index contributed by atoms with van der Waals surface area (Å²) in [5.41, 5.74) is 5.09. The Morgan fingerprint density at radius 2 is 2.00 bits per heavy atom. The molecule has 7 heteroatoms. The molecule has 0 bridgehead atoms. The van der Waals surface area contributed by atoms with Crippen LogP contribution in [0, 0.1) is 0 Å². The van der Waals surface area contributed by atoms with Crippen LogP contribution in [0.5, 0.6) is 0 Å². The van der Waals surface area contributed by atoms with Crippen molar-refractivity contribution in [2.24, 2.45) is 5.73 Å². The van der Waals surface area contributed by atoms with E-state index in [1.54, 1.807) is 0 Å². The number of carbonyl (C=O) groups excluding carboxylic acids is 1. The van der Waals surface area contributed by atoms with E-state index in [1.807, 2.05) is 0 Å². The highest BCUT2D eigenvalue weighted by Gasteiger charge is 2.16. The number of carboxylic acid groups (broad SMARTS) is 1. The van der Waals surface area contributed by atoms with Gasteiger partial charge in [-0.15, -0.1) is 0 Å². The van der Waals surface area contributed by atoms with Crippen LogP contribution in [0.2, 0.25) is 0 Å². The van der Waals surface area contributed by atoms with Crippen LogP contribution in [0.15, 0.2) is 0 Å². The van der Waals surface area contributed by atoms with E-state index in [9.17, 15) is 9.36 Å². The molecule has 0 aromatic carbocycles. The molecule has 0 saturated heterocycles. The molecule has 0 radical (unpaired) electrons. The van der Waals surface area contributed by atoms with E-state index in [4.69, 9.17) is 20.5 Å². The van der Waals surface area contributed by atoms with Crippen LogP contribution in [0.1, 0.15) is 13.3 Å². The lowest BCUT2D eigenvalue weighted by molar-refractivity contribution is -0.138. The van der Waals surface area contributed by atoms with Crippen molar-refractivity contribution in [3.8, 4) is 0 Å². The Labute approximate surface area is 82.6 Å². The highest BCUT2D eigenvalue weighted by molar-refractivity contribution is 7.57. The van der Waals surface area contributed by atoms with E-state index < -0.39 is 19.4 Å². The second kappa shape index (κ2) is 7.67. The zero-order valence-corrected chi connectivity index (χ0v) is 9.11. The molecule has 0 fully saturated rings. The lowest BCUT2D eigenvalue weighted by Crippen LogP contribution is -2.30. The van der Waals surface area contributed by atoms with Gasteiger partial charge in [0, 0.05) is 12.8 Å². The molecule has 0 aliphatic rings. The summed E-state index contributed by atoms with van der Waals surface area (Å²) in [7, 11) is -3.10. The lowest BCUT2D eigenvalue weighted by Gasteiger charge is -2.07. The van der Waals surface area contributed by atoms with Crippen molar-refractivity contribution in [1.82, 2.24) is 0 Å². The van der Waals surface area contributed by atoms with Gasteiger partial charge in [-0.1, -0.05) is 0 Å². The molecule has 0 aliphatic carbocycles. The predicted molar refractivity (Wildman–Crippen MR) is 52.6 cm³/mol. The summed E-state index contributed by atoms with van der Waals surface area (Å²) in [6.07, 6.45) is 0.750. The minimum absolute atomic E-state index is 0.0412. The van der Waals surface area contributed by atoms with E-state index in [1.165, 1.54) is 13.6 Å². The zero-order valence-electron chi connectivity index (χ0n) is 8.21. The van der Waals surface area contributed by atoms with Gasteiger partial charge in [-0.05, 0) is 13.3 Å². The van der Waals surface area contributed by atoms with Crippen LogP contribution in [-0.4, -0.2) is 41.1 Å². The van der Waals surface area contributed by atoms with Gasteiger partial charge < -0.3 is 20.5 Å². The van der Waals surface area contributed by atoms with Gasteiger partial charge >= 0.3 is 5.97 Å². The summed E-state index contributed by atoms with van der Waals surface area (Å²) in [5, 5.41) is 8.28. The van der Waals surface area contributed by atoms with Gasteiger partial charge in [-0.2, -0.15) is 0 Å². The van der Waals surface area contributed by atoms with Gasteiger partial charge in [0.15, 0.2) is 7.37 Å². The molecule has 0 saturated carbocycles. The Balaban J connectivity index is 0. The first-order chi connectivity index (χ1) is 6.24. The highest BCUT2D eigenvalue weighted by atomic mass is 31.2. The number of nitrogens with two attached hydrogens (primary N) is 1. The molecule has 2 unspecified atom stereocenters. The normalized spacial score (nSPS) is 15.7. The van der Waals surface area contributed by atoms with Gasteiger partial charge in [-0.25, -0.2) is 0 Å². The first kappa shape index (κ1) is 15.7. The molecule has 4 N–H and O–H groups in total. The van der Waals surface area contributed by atoms with E-state index in [0.29, 0.717) is 0 Å². The molecule has 14 heavy (non-hydrogen) atoms. The molecular weight excluding hydrogens is 209 g/mol. The van der Waals surface area contributed by atoms with E-state index in [-0.39, 0.29) is 12.6 Å². The smallest absolute Gasteiger partial charge is 0.320 e.